The Morgan fingerprint density at radius 3 is 2.14 bits per heavy atom. The number of rotatable bonds is 5. The maximum atomic E-state index is 12.2. The van der Waals surface area contributed by atoms with E-state index in [9.17, 15) is 4.21 Å². The Kier molecular flexibility index (Phi) is 8.01. The first kappa shape index (κ1) is 18.6. The van der Waals surface area contributed by atoms with Gasteiger partial charge in [-0.25, -0.2) is 12.7 Å². The average Bonchev–Trinajstić information content (AvgIpc) is 2.61. The molecule has 22 heavy (non-hydrogen) atoms. The lowest BCUT2D eigenvalue weighted by Crippen LogP contribution is -2.26. The molecule has 7 heteroatoms. The van der Waals surface area contributed by atoms with E-state index in [4.69, 9.17) is 27.4 Å². The summed E-state index contributed by atoms with van der Waals surface area (Å²) in [4.78, 5) is 0.554. The van der Waals surface area contributed by atoms with Gasteiger partial charge in [0, 0.05) is 13.1 Å². The van der Waals surface area contributed by atoms with Crippen molar-refractivity contribution in [1.29, 1.82) is 0 Å². The van der Waals surface area contributed by atoms with Gasteiger partial charge >= 0.3 is 0 Å². The Balaban J connectivity index is 1.89. The number of nitrogens with zero attached hydrogens (tertiary/aromatic N) is 1. The van der Waals surface area contributed by atoms with E-state index in [2.05, 4.69) is 4.31 Å². The normalized spacial score (nSPS) is 19.9. The summed E-state index contributed by atoms with van der Waals surface area (Å²) in [5.74, 6) is 0. The Bertz CT molecular complexity index is 464. The lowest BCUT2D eigenvalue weighted by atomic mass is 10.1. The maximum absolute atomic E-state index is 12.2. The van der Waals surface area contributed by atoms with E-state index in [1.165, 1.54) is 37.6 Å². The maximum Gasteiger partial charge on any atom is 0.294 e. The molecule has 124 valence electrons. The van der Waals surface area contributed by atoms with Crippen LogP contribution in [-0.2, 0) is 15.3 Å². The molecular formula is C15H21Cl2NO2S2. The van der Waals surface area contributed by atoms with Crippen LogP contribution in [0.25, 0.3) is 0 Å². The van der Waals surface area contributed by atoms with E-state index in [0.717, 1.165) is 25.9 Å². The molecule has 0 spiro atoms. The molecule has 2 rings (SSSR count). The van der Waals surface area contributed by atoms with Gasteiger partial charge in [-0.05, 0) is 36.9 Å². The van der Waals surface area contributed by atoms with Crippen LogP contribution in [0.3, 0.4) is 0 Å². The van der Waals surface area contributed by atoms with Crippen molar-refractivity contribution in [3.63, 3.8) is 0 Å². The van der Waals surface area contributed by atoms with E-state index >= 15 is 0 Å². The SMILES string of the molecule is O=S(OC(Cl)(Cl)SN1CCCCCCCC1)c1ccccc1. The van der Waals surface area contributed by atoms with Crippen molar-refractivity contribution in [3.8, 4) is 0 Å². The number of hydrogen-bond acceptors (Lipinski definition) is 4. The topological polar surface area (TPSA) is 29.5 Å². The molecule has 1 saturated heterocycles. The van der Waals surface area contributed by atoms with Crippen molar-refractivity contribution in [3.05, 3.63) is 30.3 Å². The van der Waals surface area contributed by atoms with Gasteiger partial charge in [0.2, 0.25) is 0 Å². The van der Waals surface area contributed by atoms with Gasteiger partial charge in [0.25, 0.3) is 3.85 Å². The highest BCUT2D eigenvalue weighted by molar-refractivity contribution is 8.01. The van der Waals surface area contributed by atoms with Gasteiger partial charge < -0.3 is 0 Å². The first-order chi connectivity index (χ1) is 10.6. The minimum atomic E-state index is -1.68. The number of hydrogen-bond donors (Lipinski definition) is 0. The van der Waals surface area contributed by atoms with Crippen LogP contribution in [0, 0.1) is 0 Å². The van der Waals surface area contributed by atoms with E-state index < -0.39 is 14.9 Å². The molecule has 1 aliphatic rings. The highest BCUT2D eigenvalue weighted by atomic mass is 35.5. The van der Waals surface area contributed by atoms with Gasteiger partial charge in [-0.2, -0.15) is 0 Å². The molecule has 0 radical (unpaired) electrons. The largest absolute Gasteiger partial charge is 0.294 e. The monoisotopic (exact) mass is 381 g/mol. The van der Waals surface area contributed by atoms with Crippen LogP contribution in [0.5, 0.6) is 0 Å². The highest BCUT2D eigenvalue weighted by Crippen LogP contribution is 2.40. The summed E-state index contributed by atoms with van der Waals surface area (Å²) < 4.78 is 18.1. The fourth-order valence-electron chi connectivity index (χ4n) is 2.32. The summed E-state index contributed by atoms with van der Waals surface area (Å²) in [5.41, 5.74) is 0. The third-order valence-electron chi connectivity index (χ3n) is 3.41. The molecule has 1 fully saturated rings. The Morgan fingerprint density at radius 2 is 1.55 bits per heavy atom. The summed E-state index contributed by atoms with van der Waals surface area (Å²) in [5, 5.41) is 0. The number of alkyl halides is 2. The van der Waals surface area contributed by atoms with Crippen molar-refractivity contribution in [2.75, 3.05) is 13.1 Å². The van der Waals surface area contributed by atoms with Crippen LogP contribution in [0.2, 0.25) is 0 Å². The Labute approximate surface area is 149 Å². The quantitative estimate of drug-likeness (QED) is 0.402. The third kappa shape index (κ3) is 6.77. The molecule has 1 heterocycles. The summed E-state index contributed by atoms with van der Waals surface area (Å²) >= 11 is 12.0. The fourth-order valence-corrected chi connectivity index (χ4v) is 4.95. The van der Waals surface area contributed by atoms with Crippen molar-refractivity contribution in [2.45, 2.75) is 47.3 Å². The Hall–Kier alpha value is 0.220. The van der Waals surface area contributed by atoms with Crippen LogP contribution >= 0.6 is 35.1 Å². The predicted molar refractivity (Wildman–Crippen MR) is 95.2 cm³/mol. The van der Waals surface area contributed by atoms with Gasteiger partial charge in [-0.1, -0.05) is 67.1 Å². The summed E-state index contributed by atoms with van der Waals surface area (Å²) in [6, 6.07) is 8.91. The minimum absolute atomic E-state index is 0.554. The van der Waals surface area contributed by atoms with E-state index in [0.29, 0.717) is 4.90 Å². The molecule has 1 unspecified atom stereocenters. The van der Waals surface area contributed by atoms with E-state index in [1.54, 1.807) is 24.3 Å². The third-order valence-corrected chi connectivity index (χ3v) is 6.24. The predicted octanol–water partition coefficient (Wildman–Crippen LogP) is 5.12. The van der Waals surface area contributed by atoms with Crippen molar-refractivity contribution in [2.24, 2.45) is 0 Å². The van der Waals surface area contributed by atoms with Crippen molar-refractivity contribution < 1.29 is 8.39 Å². The molecule has 0 aliphatic carbocycles. The number of benzene rings is 1. The molecule has 1 aromatic carbocycles. The molecule has 0 N–H and O–H groups in total. The summed E-state index contributed by atoms with van der Waals surface area (Å²) in [6.45, 7) is 1.85. The van der Waals surface area contributed by atoms with E-state index in [-0.39, 0.29) is 0 Å². The summed E-state index contributed by atoms with van der Waals surface area (Å²) in [6.07, 6.45) is 7.29. The highest BCUT2D eigenvalue weighted by Gasteiger charge is 2.33. The fraction of sp³-hybridized carbons (Fsp3) is 0.600. The lowest BCUT2D eigenvalue weighted by molar-refractivity contribution is 0.345. The van der Waals surface area contributed by atoms with Crippen LogP contribution in [0.1, 0.15) is 38.5 Å². The van der Waals surface area contributed by atoms with Gasteiger partial charge in [-0.15, -0.1) is 0 Å². The molecule has 3 nitrogen and oxygen atoms in total. The first-order valence-electron chi connectivity index (χ1n) is 7.55. The Morgan fingerprint density at radius 1 is 1.00 bits per heavy atom. The van der Waals surface area contributed by atoms with Gasteiger partial charge in [-0.3, -0.25) is 0 Å². The average molecular weight is 382 g/mol. The smallest absolute Gasteiger partial charge is 0.246 e. The lowest BCUT2D eigenvalue weighted by Gasteiger charge is -2.27. The number of halogens is 2. The standard InChI is InChI=1S/C15H21Cl2NO2S2/c16-15(17,20-22(19)14-10-6-5-7-11-14)21-18-12-8-3-1-2-4-9-13-18/h5-7,10-11H,1-4,8-9,12-13H2. The molecule has 0 saturated carbocycles. The molecule has 1 aliphatic heterocycles. The van der Waals surface area contributed by atoms with Crippen LogP contribution in [0.15, 0.2) is 35.2 Å². The van der Waals surface area contributed by atoms with Crippen molar-refractivity contribution in [1.82, 2.24) is 4.31 Å². The van der Waals surface area contributed by atoms with Crippen LogP contribution < -0.4 is 0 Å². The summed E-state index contributed by atoms with van der Waals surface area (Å²) in [7, 11) is 0. The molecule has 0 bridgehead atoms. The second-order valence-corrected chi connectivity index (χ2v) is 9.32. The minimum Gasteiger partial charge on any atom is -0.246 e. The molecule has 1 aromatic rings. The van der Waals surface area contributed by atoms with Crippen molar-refractivity contribution >= 4 is 46.2 Å². The molecular weight excluding hydrogens is 361 g/mol. The van der Waals surface area contributed by atoms with Crippen LogP contribution in [-0.4, -0.2) is 25.5 Å². The molecule has 1 atom stereocenters. The molecule has 0 amide bonds. The van der Waals surface area contributed by atoms with E-state index in [1.807, 2.05) is 6.07 Å². The zero-order valence-corrected chi connectivity index (χ0v) is 15.5. The second-order valence-electron chi connectivity index (χ2n) is 5.24. The van der Waals surface area contributed by atoms with Gasteiger partial charge in [0.05, 0.1) is 4.90 Å². The molecule has 0 aromatic heterocycles. The van der Waals surface area contributed by atoms with Gasteiger partial charge in [0.15, 0.2) is 11.1 Å². The first-order valence-corrected chi connectivity index (χ1v) is 10.2. The zero-order chi connectivity index (χ0) is 15.8. The zero-order valence-electron chi connectivity index (χ0n) is 12.4. The van der Waals surface area contributed by atoms with Gasteiger partial charge in [0.1, 0.15) is 0 Å². The second kappa shape index (κ2) is 9.50. The van der Waals surface area contributed by atoms with Crippen LogP contribution in [0.4, 0.5) is 0 Å².